The standard InChI is InChI=1S/C18H40N4O.HI/c1-8-18(23,9-2)14-21-17(19-10-3)20-12-11-13-22(15(4)5)16(6)7;/h15-16,23H,8-14H2,1-7H3,(H2,19,20,21);1H. The van der Waals surface area contributed by atoms with Crippen LogP contribution in [0.4, 0.5) is 0 Å². The van der Waals surface area contributed by atoms with Crippen molar-refractivity contribution in [1.82, 2.24) is 15.5 Å². The summed E-state index contributed by atoms with van der Waals surface area (Å²) in [7, 11) is 0. The normalized spacial score (nSPS) is 12.7. The lowest BCUT2D eigenvalue weighted by molar-refractivity contribution is 0.0418. The van der Waals surface area contributed by atoms with E-state index in [1.54, 1.807) is 0 Å². The molecule has 3 N–H and O–H groups in total. The fourth-order valence-corrected chi connectivity index (χ4v) is 2.62. The Labute approximate surface area is 167 Å². The van der Waals surface area contributed by atoms with Crippen molar-refractivity contribution in [3.8, 4) is 0 Å². The first-order valence-electron chi connectivity index (χ1n) is 9.29. The first kappa shape index (κ1) is 26.2. The summed E-state index contributed by atoms with van der Waals surface area (Å²) in [5.74, 6) is 0.800. The van der Waals surface area contributed by atoms with Gasteiger partial charge in [-0.05, 0) is 53.9 Å². The van der Waals surface area contributed by atoms with Gasteiger partial charge in [0.2, 0.25) is 0 Å². The topological polar surface area (TPSA) is 59.9 Å². The van der Waals surface area contributed by atoms with Crippen molar-refractivity contribution in [3.63, 3.8) is 0 Å². The van der Waals surface area contributed by atoms with Crippen molar-refractivity contribution in [2.45, 2.75) is 85.4 Å². The molecule has 0 heterocycles. The van der Waals surface area contributed by atoms with Crippen molar-refractivity contribution >= 4 is 29.9 Å². The number of nitrogens with zero attached hydrogens (tertiary/aromatic N) is 2. The monoisotopic (exact) mass is 456 g/mol. The smallest absolute Gasteiger partial charge is 0.191 e. The molecule has 6 heteroatoms. The Morgan fingerprint density at radius 3 is 2.00 bits per heavy atom. The van der Waals surface area contributed by atoms with Gasteiger partial charge in [-0.1, -0.05) is 13.8 Å². The van der Waals surface area contributed by atoms with Gasteiger partial charge in [0.25, 0.3) is 0 Å². The number of nitrogens with one attached hydrogen (secondary N) is 2. The summed E-state index contributed by atoms with van der Waals surface area (Å²) in [5.41, 5.74) is -0.686. The van der Waals surface area contributed by atoms with Gasteiger partial charge in [-0.3, -0.25) is 9.89 Å². The Balaban J connectivity index is 0. The first-order chi connectivity index (χ1) is 10.8. The average Bonchev–Trinajstić information content (AvgIpc) is 2.51. The number of hydrogen-bond acceptors (Lipinski definition) is 3. The maximum absolute atomic E-state index is 10.3. The average molecular weight is 456 g/mol. The molecule has 0 aromatic carbocycles. The van der Waals surface area contributed by atoms with E-state index < -0.39 is 5.60 Å². The van der Waals surface area contributed by atoms with Gasteiger partial charge in [0.1, 0.15) is 0 Å². The second kappa shape index (κ2) is 14.1. The molecule has 0 amide bonds. The lowest BCUT2D eigenvalue weighted by Crippen LogP contribution is -2.42. The molecule has 0 fully saturated rings. The van der Waals surface area contributed by atoms with Crippen LogP contribution in [0.25, 0.3) is 0 Å². The molecule has 0 unspecified atom stereocenters. The fourth-order valence-electron chi connectivity index (χ4n) is 2.62. The number of aliphatic hydroxyl groups is 1. The van der Waals surface area contributed by atoms with E-state index in [0.29, 0.717) is 18.6 Å². The van der Waals surface area contributed by atoms with E-state index in [0.717, 1.165) is 44.9 Å². The highest BCUT2D eigenvalue weighted by Crippen LogP contribution is 2.14. The maximum Gasteiger partial charge on any atom is 0.191 e. The van der Waals surface area contributed by atoms with E-state index in [1.807, 2.05) is 13.8 Å². The van der Waals surface area contributed by atoms with Crippen LogP contribution in [0.5, 0.6) is 0 Å². The van der Waals surface area contributed by atoms with Crippen LogP contribution < -0.4 is 10.6 Å². The largest absolute Gasteiger partial charge is 0.388 e. The Kier molecular flexibility index (Phi) is 15.4. The minimum absolute atomic E-state index is 0. The predicted octanol–water partition coefficient (Wildman–Crippen LogP) is 3.22. The van der Waals surface area contributed by atoms with E-state index in [1.165, 1.54) is 0 Å². The SMILES string of the molecule is CCNC(=NCC(O)(CC)CC)NCCCN(C(C)C)C(C)C.I. The van der Waals surface area contributed by atoms with E-state index >= 15 is 0 Å². The van der Waals surface area contributed by atoms with E-state index in [9.17, 15) is 5.11 Å². The molecule has 0 aromatic heterocycles. The van der Waals surface area contributed by atoms with Gasteiger partial charge in [-0.25, -0.2) is 0 Å². The van der Waals surface area contributed by atoms with Crippen LogP contribution in [0.15, 0.2) is 4.99 Å². The molecule has 0 aliphatic rings. The molecular weight excluding hydrogens is 415 g/mol. The van der Waals surface area contributed by atoms with Crippen molar-refractivity contribution in [3.05, 3.63) is 0 Å². The summed E-state index contributed by atoms with van der Waals surface area (Å²) in [4.78, 5) is 7.04. The van der Waals surface area contributed by atoms with Gasteiger partial charge in [0, 0.05) is 31.7 Å². The summed E-state index contributed by atoms with van der Waals surface area (Å²) in [6.45, 7) is 18.3. The zero-order valence-electron chi connectivity index (χ0n) is 16.9. The quantitative estimate of drug-likeness (QED) is 0.193. The molecule has 0 aliphatic carbocycles. The molecule has 0 rings (SSSR count). The maximum atomic E-state index is 10.3. The summed E-state index contributed by atoms with van der Waals surface area (Å²) in [5, 5.41) is 17.0. The highest BCUT2D eigenvalue weighted by Gasteiger charge is 2.21. The zero-order valence-corrected chi connectivity index (χ0v) is 19.2. The summed E-state index contributed by atoms with van der Waals surface area (Å²) in [6.07, 6.45) is 2.53. The molecule has 0 saturated heterocycles. The van der Waals surface area contributed by atoms with Crippen molar-refractivity contribution in [2.75, 3.05) is 26.2 Å². The van der Waals surface area contributed by atoms with Crippen LogP contribution in [-0.2, 0) is 0 Å². The van der Waals surface area contributed by atoms with Gasteiger partial charge in [0.15, 0.2) is 5.96 Å². The van der Waals surface area contributed by atoms with Gasteiger partial charge in [-0.2, -0.15) is 0 Å². The lowest BCUT2D eigenvalue weighted by atomic mass is 9.98. The number of guanidine groups is 1. The van der Waals surface area contributed by atoms with Crippen LogP contribution in [0.3, 0.4) is 0 Å². The number of halogens is 1. The third-order valence-corrected chi connectivity index (χ3v) is 4.40. The van der Waals surface area contributed by atoms with Crippen molar-refractivity contribution < 1.29 is 5.11 Å². The molecular formula is C18H41IN4O. The van der Waals surface area contributed by atoms with Crippen molar-refractivity contribution in [2.24, 2.45) is 4.99 Å². The number of rotatable bonds is 11. The molecule has 0 aliphatic heterocycles. The van der Waals surface area contributed by atoms with E-state index in [2.05, 4.69) is 55.1 Å². The number of aliphatic imine (C=N–C) groups is 1. The Morgan fingerprint density at radius 2 is 1.58 bits per heavy atom. The highest BCUT2D eigenvalue weighted by molar-refractivity contribution is 14.0. The molecule has 0 saturated carbocycles. The Bertz CT molecular complexity index is 323. The van der Waals surface area contributed by atoms with Crippen LogP contribution >= 0.6 is 24.0 Å². The number of hydrogen-bond donors (Lipinski definition) is 3. The van der Waals surface area contributed by atoms with Crippen LogP contribution in [-0.4, -0.2) is 59.8 Å². The van der Waals surface area contributed by atoms with Gasteiger partial charge < -0.3 is 15.7 Å². The van der Waals surface area contributed by atoms with Gasteiger partial charge >= 0.3 is 0 Å². The second-order valence-electron chi connectivity index (χ2n) is 6.83. The van der Waals surface area contributed by atoms with Crippen LogP contribution in [0, 0.1) is 0 Å². The van der Waals surface area contributed by atoms with Crippen LogP contribution in [0.1, 0.15) is 67.7 Å². The summed E-state index contributed by atoms with van der Waals surface area (Å²) < 4.78 is 0. The molecule has 0 spiro atoms. The van der Waals surface area contributed by atoms with E-state index in [-0.39, 0.29) is 24.0 Å². The first-order valence-corrected chi connectivity index (χ1v) is 9.29. The minimum atomic E-state index is -0.686. The fraction of sp³-hybridized carbons (Fsp3) is 0.944. The summed E-state index contributed by atoms with van der Waals surface area (Å²) >= 11 is 0. The lowest BCUT2D eigenvalue weighted by Gasteiger charge is -2.30. The second-order valence-corrected chi connectivity index (χ2v) is 6.83. The molecule has 0 radical (unpaired) electrons. The van der Waals surface area contributed by atoms with Gasteiger partial charge in [-0.15, -0.1) is 24.0 Å². The van der Waals surface area contributed by atoms with Gasteiger partial charge in [0.05, 0.1) is 12.1 Å². The third kappa shape index (κ3) is 10.7. The van der Waals surface area contributed by atoms with E-state index in [4.69, 9.17) is 0 Å². The third-order valence-electron chi connectivity index (χ3n) is 4.40. The Morgan fingerprint density at radius 1 is 1.04 bits per heavy atom. The van der Waals surface area contributed by atoms with Crippen molar-refractivity contribution in [1.29, 1.82) is 0 Å². The highest BCUT2D eigenvalue weighted by atomic mass is 127. The minimum Gasteiger partial charge on any atom is -0.388 e. The van der Waals surface area contributed by atoms with Crippen LogP contribution in [0.2, 0.25) is 0 Å². The predicted molar refractivity (Wildman–Crippen MR) is 117 cm³/mol. The molecule has 0 bridgehead atoms. The Hall–Kier alpha value is -0.0800. The zero-order chi connectivity index (χ0) is 17.9. The molecule has 0 atom stereocenters. The molecule has 0 aromatic rings. The summed E-state index contributed by atoms with van der Waals surface area (Å²) in [6, 6.07) is 1.14. The molecule has 146 valence electrons. The molecule has 24 heavy (non-hydrogen) atoms. The molecule has 5 nitrogen and oxygen atoms in total.